The summed E-state index contributed by atoms with van der Waals surface area (Å²) in [7, 11) is 0. The van der Waals surface area contributed by atoms with Gasteiger partial charge < -0.3 is 9.47 Å². The fraction of sp³-hybridized carbons (Fsp3) is 0.423. The highest BCUT2D eigenvalue weighted by Crippen LogP contribution is 2.55. The van der Waals surface area contributed by atoms with Crippen molar-refractivity contribution in [1.29, 1.82) is 0 Å². The van der Waals surface area contributed by atoms with Crippen molar-refractivity contribution in [1.82, 2.24) is 14.5 Å². The van der Waals surface area contributed by atoms with Gasteiger partial charge in [0, 0.05) is 24.0 Å². The van der Waals surface area contributed by atoms with Gasteiger partial charge in [-0.3, -0.25) is 14.9 Å². The summed E-state index contributed by atoms with van der Waals surface area (Å²) in [6, 6.07) is 10.4. The summed E-state index contributed by atoms with van der Waals surface area (Å²) in [5.74, 6) is 0.586. The van der Waals surface area contributed by atoms with Crippen molar-refractivity contribution >= 4 is 40.1 Å². The molecule has 2 fully saturated rings. The van der Waals surface area contributed by atoms with E-state index in [1.807, 2.05) is 23.1 Å². The molecule has 170 valence electrons. The number of hydrogen-bond donors (Lipinski definition) is 1. The molecule has 1 aliphatic heterocycles. The number of rotatable bonds is 4. The van der Waals surface area contributed by atoms with Crippen LogP contribution in [0.3, 0.4) is 0 Å². The van der Waals surface area contributed by atoms with Crippen LogP contribution in [0.5, 0.6) is 0 Å². The maximum absolute atomic E-state index is 13.2. The molecule has 2 aromatic heterocycles. The van der Waals surface area contributed by atoms with Gasteiger partial charge in [-0.1, -0.05) is 18.7 Å². The van der Waals surface area contributed by atoms with E-state index in [4.69, 9.17) is 4.98 Å². The summed E-state index contributed by atoms with van der Waals surface area (Å²) in [5.41, 5.74) is 3.46. The van der Waals surface area contributed by atoms with E-state index in [0.29, 0.717) is 5.95 Å². The first kappa shape index (κ1) is 20.7. The van der Waals surface area contributed by atoms with Gasteiger partial charge in [-0.25, -0.2) is 4.98 Å². The largest absolute Gasteiger partial charge is 0.339 e. The van der Waals surface area contributed by atoms with Gasteiger partial charge in [0.15, 0.2) is 0 Å². The van der Waals surface area contributed by atoms with Crippen molar-refractivity contribution in [3.05, 3.63) is 58.3 Å². The van der Waals surface area contributed by atoms with E-state index in [1.54, 1.807) is 11.3 Å². The van der Waals surface area contributed by atoms with Gasteiger partial charge in [0.1, 0.15) is 0 Å². The van der Waals surface area contributed by atoms with Gasteiger partial charge in [0.05, 0.1) is 15.9 Å². The number of benzene rings is 1. The molecule has 3 aromatic rings. The van der Waals surface area contributed by atoms with Crippen LogP contribution >= 0.6 is 11.3 Å². The first-order chi connectivity index (χ1) is 16.0. The van der Waals surface area contributed by atoms with Crippen molar-refractivity contribution in [2.75, 3.05) is 18.4 Å². The number of likely N-dealkylation sites (tertiary alicyclic amines) is 1. The number of amides is 2. The smallest absolute Gasteiger partial charge is 0.268 e. The standard InChI is InChI=1S/C26H28N4O2S/c1-2-23(31)29-12-11-26(16-29)14-18(15-26)30-20-9-5-4-8-19(20)27-25(30)28-24(32)22-13-17-7-3-6-10-21(17)33-22/h2,4-5,8-9,13,18H,1,3,6-7,10-12,14-16H2,(H,27,28,32)/t18-,26-. The molecule has 0 radical (unpaired) electrons. The molecule has 6 rings (SSSR count). The number of fused-ring (bicyclic) bond motifs is 2. The van der Waals surface area contributed by atoms with E-state index in [2.05, 4.69) is 28.6 Å². The highest BCUT2D eigenvalue weighted by molar-refractivity contribution is 7.14. The Bertz CT molecular complexity index is 1240. The van der Waals surface area contributed by atoms with Crippen LogP contribution in [0.4, 0.5) is 5.95 Å². The molecule has 3 heterocycles. The van der Waals surface area contributed by atoms with E-state index in [9.17, 15) is 9.59 Å². The summed E-state index contributed by atoms with van der Waals surface area (Å²) < 4.78 is 2.21. The lowest BCUT2D eigenvalue weighted by Gasteiger charge is -2.46. The van der Waals surface area contributed by atoms with Crippen molar-refractivity contribution in [3.63, 3.8) is 0 Å². The molecular weight excluding hydrogens is 432 g/mol. The number of aryl methyl sites for hydroxylation is 2. The summed E-state index contributed by atoms with van der Waals surface area (Å²) in [4.78, 5) is 34.1. The van der Waals surface area contributed by atoms with Crippen molar-refractivity contribution in [2.45, 2.75) is 51.0 Å². The number of anilines is 1. The van der Waals surface area contributed by atoms with E-state index in [0.717, 1.165) is 61.1 Å². The monoisotopic (exact) mass is 460 g/mol. The van der Waals surface area contributed by atoms with Crippen LogP contribution in [-0.2, 0) is 17.6 Å². The van der Waals surface area contributed by atoms with Crippen molar-refractivity contribution in [2.24, 2.45) is 5.41 Å². The SMILES string of the molecule is C=CC(=O)N1CC[C@]2(C1)C[C@H](n1c(NC(=O)c3cc4c(s3)CCCC4)nc3ccccc31)C2. The zero-order valence-electron chi connectivity index (χ0n) is 18.7. The molecule has 6 nitrogen and oxygen atoms in total. The third-order valence-electron chi connectivity index (χ3n) is 7.67. The first-order valence-electron chi connectivity index (χ1n) is 11.9. The summed E-state index contributed by atoms with van der Waals surface area (Å²) in [5, 5.41) is 3.14. The Hall–Kier alpha value is -2.93. The Morgan fingerprint density at radius 3 is 2.85 bits per heavy atom. The van der Waals surface area contributed by atoms with Crippen LogP contribution in [0.15, 0.2) is 43.0 Å². The normalized spacial score (nSPS) is 24.0. The van der Waals surface area contributed by atoms with Crippen molar-refractivity contribution < 1.29 is 9.59 Å². The van der Waals surface area contributed by atoms with Gasteiger partial charge in [-0.05, 0) is 80.2 Å². The van der Waals surface area contributed by atoms with Crippen molar-refractivity contribution in [3.8, 4) is 0 Å². The number of aromatic nitrogens is 2. The lowest BCUT2D eigenvalue weighted by molar-refractivity contribution is -0.125. The Labute approximate surface area is 197 Å². The van der Waals surface area contributed by atoms with E-state index in [-0.39, 0.29) is 23.3 Å². The van der Waals surface area contributed by atoms with Gasteiger partial charge in [-0.15, -0.1) is 11.3 Å². The number of imidazole rings is 1. The Morgan fingerprint density at radius 1 is 1.21 bits per heavy atom. The van der Waals surface area contributed by atoms with E-state index in [1.165, 1.54) is 29.4 Å². The second-order valence-electron chi connectivity index (χ2n) is 9.79. The van der Waals surface area contributed by atoms with Gasteiger partial charge >= 0.3 is 0 Å². The fourth-order valence-corrected chi connectivity index (χ4v) is 7.12. The molecule has 7 heteroatoms. The zero-order valence-corrected chi connectivity index (χ0v) is 19.5. The van der Waals surface area contributed by atoms with Crippen LogP contribution in [0.2, 0.25) is 0 Å². The maximum atomic E-state index is 13.2. The molecule has 2 amide bonds. The first-order valence-corrected chi connectivity index (χ1v) is 12.7. The third kappa shape index (κ3) is 3.50. The number of nitrogens with zero attached hydrogens (tertiary/aromatic N) is 3. The molecule has 1 aromatic carbocycles. The molecular formula is C26H28N4O2S. The van der Waals surface area contributed by atoms with Crippen LogP contribution < -0.4 is 5.32 Å². The number of para-hydroxylation sites is 2. The molecule has 0 atom stereocenters. The number of thiophene rings is 1. The highest BCUT2D eigenvalue weighted by Gasteiger charge is 2.50. The molecule has 0 bridgehead atoms. The predicted molar refractivity (Wildman–Crippen MR) is 131 cm³/mol. The Morgan fingerprint density at radius 2 is 2.03 bits per heavy atom. The minimum atomic E-state index is -0.0661. The summed E-state index contributed by atoms with van der Waals surface area (Å²) >= 11 is 1.63. The van der Waals surface area contributed by atoms with Crippen LogP contribution in [0.1, 0.15) is 58.3 Å². The molecule has 0 unspecified atom stereocenters. The second-order valence-corrected chi connectivity index (χ2v) is 10.9. The molecule has 1 saturated carbocycles. The molecule has 1 saturated heterocycles. The van der Waals surface area contributed by atoms with Crippen LogP contribution in [-0.4, -0.2) is 39.4 Å². The molecule has 3 aliphatic rings. The predicted octanol–water partition coefficient (Wildman–Crippen LogP) is 4.97. The lowest BCUT2D eigenvalue weighted by atomic mass is 9.65. The number of nitrogens with one attached hydrogen (secondary N) is 1. The van der Waals surface area contributed by atoms with E-state index < -0.39 is 0 Å². The zero-order chi connectivity index (χ0) is 22.6. The van der Waals surface area contributed by atoms with E-state index >= 15 is 0 Å². The molecule has 2 aliphatic carbocycles. The average molecular weight is 461 g/mol. The lowest BCUT2D eigenvalue weighted by Crippen LogP contribution is -2.42. The fourth-order valence-electron chi connectivity index (χ4n) is 5.98. The van der Waals surface area contributed by atoms with Crippen LogP contribution in [0, 0.1) is 5.41 Å². The second kappa shape index (κ2) is 7.83. The number of carbonyl (C=O) groups excluding carboxylic acids is 2. The topological polar surface area (TPSA) is 67.2 Å². The Kier molecular flexibility index (Phi) is 4.91. The highest BCUT2D eigenvalue weighted by atomic mass is 32.1. The summed E-state index contributed by atoms with van der Waals surface area (Å²) in [6.45, 7) is 5.22. The number of carbonyl (C=O) groups is 2. The molecule has 33 heavy (non-hydrogen) atoms. The molecule has 1 spiro atoms. The van der Waals surface area contributed by atoms with Gasteiger partial charge in [-0.2, -0.15) is 0 Å². The minimum Gasteiger partial charge on any atom is -0.339 e. The third-order valence-corrected chi connectivity index (χ3v) is 8.90. The number of hydrogen-bond acceptors (Lipinski definition) is 4. The van der Waals surface area contributed by atoms with Crippen LogP contribution in [0.25, 0.3) is 11.0 Å². The summed E-state index contributed by atoms with van der Waals surface area (Å²) in [6.07, 6.45) is 9.00. The maximum Gasteiger partial charge on any atom is 0.268 e. The Balaban J connectivity index is 1.26. The minimum absolute atomic E-state index is 0.0232. The quantitative estimate of drug-likeness (QED) is 0.559. The van der Waals surface area contributed by atoms with Gasteiger partial charge in [0.2, 0.25) is 11.9 Å². The van der Waals surface area contributed by atoms with Gasteiger partial charge in [0.25, 0.3) is 5.91 Å². The molecule has 1 N–H and O–H groups in total. The average Bonchev–Trinajstić information content (AvgIpc) is 3.52.